The number of hydrogen-bond donors (Lipinski definition) is 0. The van der Waals surface area contributed by atoms with Gasteiger partial charge in [-0.15, -0.1) is 0 Å². The highest BCUT2D eigenvalue weighted by Gasteiger charge is 2.30. The minimum Gasteiger partial charge on any atom is -0.353 e. The smallest absolute Gasteiger partial charge is 0.244 e. The summed E-state index contributed by atoms with van der Waals surface area (Å²) in [6.07, 6.45) is 1.62. The fourth-order valence-electron chi connectivity index (χ4n) is 3.57. The molecule has 1 aliphatic heterocycles. The lowest BCUT2D eigenvalue weighted by molar-refractivity contribution is -0.136. The highest BCUT2D eigenvalue weighted by Crippen LogP contribution is 2.24. The number of hydrogen-bond acceptors (Lipinski definition) is 5. The predicted molar refractivity (Wildman–Crippen MR) is 108 cm³/mol. The Bertz CT molecular complexity index is 795. The number of aryl methyl sites for hydroxylation is 2. The topological polar surface area (TPSA) is 52.6 Å². The SMILES string of the molecule is Cc1ccc([C@@H](C(=O)N2CCN(c3ncnc(C)c3C)CC2)N(C)C)cc1. The number of carbonyl (C=O) groups excluding carboxylic acids is 1. The van der Waals surface area contributed by atoms with Gasteiger partial charge >= 0.3 is 0 Å². The molecule has 1 saturated heterocycles. The largest absolute Gasteiger partial charge is 0.353 e. The van der Waals surface area contributed by atoms with Crippen LogP contribution in [0.25, 0.3) is 0 Å². The molecule has 0 N–H and O–H groups in total. The minimum absolute atomic E-state index is 0.166. The van der Waals surface area contributed by atoms with E-state index in [-0.39, 0.29) is 11.9 Å². The highest BCUT2D eigenvalue weighted by atomic mass is 16.2. The summed E-state index contributed by atoms with van der Waals surface area (Å²) in [5, 5.41) is 0. The molecule has 3 rings (SSSR count). The second kappa shape index (κ2) is 8.05. The van der Waals surface area contributed by atoms with Crippen LogP contribution in [0.2, 0.25) is 0 Å². The number of amides is 1. The average Bonchev–Trinajstić information content (AvgIpc) is 2.65. The molecule has 1 aliphatic rings. The van der Waals surface area contributed by atoms with Gasteiger partial charge in [-0.05, 0) is 40.4 Å². The molecule has 0 bridgehead atoms. The van der Waals surface area contributed by atoms with E-state index in [1.165, 1.54) is 5.56 Å². The molecule has 2 heterocycles. The van der Waals surface area contributed by atoms with Crippen molar-refractivity contribution in [3.05, 3.63) is 53.0 Å². The van der Waals surface area contributed by atoms with Gasteiger partial charge in [0, 0.05) is 37.4 Å². The van der Waals surface area contributed by atoms with Gasteiger partial charge in [-0.2, -0.15) is 0 Å². The molecule has 2 aromatic rings. The van der Waals surface area contributed by atoms with Gasteiger partial charge in [0.2, 0.25) is 5.91 Å². The third kappa shape index (κ3) is 4.11. The zero-order chi connectivity index (χ0) is 19.6. The van der Waals surface area contributed by atoms with E-state index >= 15 is 0 Å². The molecule has 6 nitrogen and oxygen atoms in total. The first-order valence-electron chi connectivity index (χ1n) is 9.43. The van der Waals surface area contributed by atoms with Crippen LogP contribution >= 0.6 is 0 Å². The van der Waals surface area contributed by atoms with Crippen molar-refractivity contribution in [1.82, 2.24) is 19.8 Å². The first-order valence-corrected chi connectivity index (χ1v) is 9.43. The Balaban J connectivity index is 1.71. The van der Waals surface area contributed by atoms with Crippen LogP contribution in [-0.4, -0.2) is 65.9 Å². The van der Waals surface area contributed by atoms with E-state index in [0.29, 0.717) is 13.1 Å². The number of rotatable bonds is 4. The van der Waals surface area contributed by atoms with Crippen LogP contribution in [0.15, 0.2) is 30.6 Å². The number of benzene rings is 1. The second-order valence-corrected chi connectivity index (χ2v) is 7.50. The Morgan fingerprint density at radius 1 is 1.00 bits per heavy atom. The van der Waals surface area contributed by atoms with E-state index in [0.717, 1.165) is 35.7 Å². The quantitative estimate of drug-likeness (QED) is 0.830. The van der Waals surface area contributed by atoms with E-state index in [9.17, 15) is 4.79 Å². The maximum absolute atomic E-state index is 13.2. The maximum atomic E-state index is 13.2. The normalized spacial score (nSPS) is 15.9. The van der Waals surface area contributed by atoms with Crippen molar-refractivity contribution >= 4 is 11.7 Å². The van der Waals surface area contributed by atoms with Gasteiger partial charge in [-0.3, -0.25) is 9.69 Å². The fourth-order valence-corrected chi connectivity index (χ4v) is 3.57. The standard InChI is InChI=1S/C21H29N5O/c1-15-6-8-18(9-7-15)19(24(4)5)21(27)26-12-10-25(11-13-26)20-16(2)17(3)22-14-23-20/h6-9,14,19H,10-13H2,1-5H3/t19-/m0/s1. The highest BCUT2D eigenvalue weighted by molar-refractivity contribution is 5.83. The summed E-state index contributed by atoms with van der Waals surface area (Å²) in [5.74, 6) is 1.15. The van der Waals surface area contributed by atoms with Crippen LogP contribution in [0.1, 0.15) is 28.4 Å². The number of piperazine rings is 1. The number of likely N-dealkylation sites (N-methyl/N-ethyl adjacent to an activating group) is 1. The molecule has 1 atom stereocenters. The molecule has 0 radical (unpaired) electrons. The average molecular weight is 367 g/mol. The lowest BCUT2D eigenvalue weighted by Crippen LogP contribution is -2.52. The van der Waals surface area contributed by atoms with Crippen molar-refractivity contribution in [2.24, 2.45) is 0 Å². The molecule has 144 valence electrons. The molecule has 27 heavy (non-hydrogen) atoms. The van der Waals surface area contributed by atoms with Crippen molar-refractivity contribution in [2.45, 2.75) is 26.8 Å². The number of carbonyl (C=O) groups is 1. The first-order chi connectivity index (χ1) is 12.9. The van der Waals surface area contributed by atoms with E-state index in [4.69, 9.17) is 0 Å². The van der Waals surface area contributed by atoms with Crippen molar-refractivity contribution < 1.29 is 4.79 Å². The number of anilines is 1. The van der Waals surface area contributed by atoms with Crippen molar-refractivity contribution in [3.8, 4) is 0 Å². The fraction of sp³-hybridized carbons (Fsp3) is 0.476. The minimum atomic E-state index is -0.250. The summed E-state index contributed by atoms with van der Waals surface area (Å²) in [5.41, 5.74) is 4.36. The summed E-state index contributed by atoms with van der Waals surface area (Å²) >= 11 is 0. The number of aromatic nitrogens is 2. The molecule has 1 aromatic carbocycles. The van der Waals surface area contributed by atoms with Gasteiger partial charge in [-0.1, -0.05) is 29.8 Å². The third-order valence-electron chi connectivity index (χ3n) is 5.34. The van der Waals surface area contributed by atoms with Crippen LogP contribution in [0.5, 0.6) is 0 Å². The third-order valence-corrected chi connectivity index (χ3v) is 5.34. The number of nitrogens with zero attached hydrogens (tertiary/aromatic N) is 5. The maximum Gasteiger partial charge on any atom is 0.244 e. The van der Waals surface area contributed by atoms with Gasteiger partial charge in [0.1, 0.15) is 18.2 Å². The molecular formula is C21H29N5O. The van der Waals surface area contributed by atoms with Gasteiger partial charge < -0.3 is 9.80 Å². The van der Waals surface area contributed by atoms with Crippen LogP contribution < -0.4 is 4.90 Å². The molecule has 1 fully saturated rings. The molecular weight excluding hydrogens is 338 g/mol. The lowest BCUT2D eigenvalue weighted by atomic mass is 10.0. The van der Waals surface area contributed by atoms with E-state index in [1.807, 2.05) is 30.8 Å². The molecule has 0 unspecified atom stereocenters. The molecule has 0 saturated carbocycles. The molecule has 0 aliphatic carbocycles. The van der Waals surface area contributed by atoms with Gasteiger partial charge in [0.05, 0.1) is 0 Å². The summed E-state index contributed by atoms with van der Waals surface area (Å²) in [6, 6.07) is 8.00. The molecule has 1 amide bonds. The Kier molecular flexibility index (Phi) is 5.75. The van der Waals surface area contributed by atoms with E-state index in [2.05, 4.69) is 53.0 Å². The summed E-state index contributed by atoms with van der Waals surface area (Å²) in [7, 11) is 3.93. The Hall–Kier alpha value is -2.47. The zero-order valence-electron chi connectivity index (χ0n) is 16.9. The molecule has 6 heteroatoms. The monoisotopic (exact) mass is 367 g/mol. The van der Waals surface area contributed by atoms with E-state index in [1.54, 1.807) is 6.33 Å². The van der Waals surface area contributed by atoms with Crippen molar-refractivity contribution in [2.75, 3.05) is 45.2 Å². The summed E-state index contributed by atoms with van der Waals surface area (Å²) in [6.45, 7) is 9.11. The summed E-state index contributed by atoms with van der Waals surface area (Å²) < 4.78 is 0. The van der Waals surface area contributed by atoms with Crippen LogP contribution in [-0.2, 0) is 4.79 Å². The summed E-state index contributed by atoms with van der Waals surface area (Å²) in [4.78, 5) is 28.2. The van der Waals surface area contributed by atoms with Crippen LogP contribution in [0, 0.1) is 20.8 Å². The van der Waals surface area contributed by atoms with Gasteiger partial charge in [-0.25, -0.2) is 9.97 Å². The predicted octanol–water partition coefficient (Wildman–Crippen LogP) is 2.35. The first kappa shape index (κ1) is 19.3. The van der Waals surface area contributed by atoms with Crippen molar-refractivity contribution in [1.29, 1.82) is 0 Å². The van der Waals surface area contributed by atoms with Crippen LogP contribution in [0.4, 0.5) is 5.82 Å². The Morgan fingerprint density at radius 2 is 1.63 bits per heavy atom. The second-order valence-electron chi connectivity index (χ2n) is 7.50. The van der Waals surface area contributed by atoms with Crippen LogP contribution in [0.3, 0.4) is 0 Å². The molecule has 0 spiro atoms. The molecule has 1 aromatic heterocycles. The van der Waals surface area contributed by atoms with Gasteiger partial charge in [0.25, 0.3) is 0 Å². The lowest BCUT2D eigenvalue weighted by Gasteiger charge is -2.38. The Morgan fingerprint density at radius 3 is 2.22 bits per heavy atom. The van der Waals surface area contributed by atoms with E-state index < -0.39 is 0 Å². The Labute approximate surface area is 161 Å². The zero-order valence-corrected chi connectivity index (χ0v) is 16.9. The van der Waals surface area contributed by atoms with Gasteiger partial charge in [0.15, 0.2) is 0 Å². The van der Waals surface area contributed by atoms with Crippen molar-refractivity contribution in [3.63, 3.8) is 0 Å².